The average Bonchev–Trinajstić information content (AvgIpc) is 2.62. The number of nitrogens with zero attached hydrogens (tertiary/aromatic N) is 3. The van der Waals surface area contributed by atoms with Crippen molar-refractivity contribution >= 4 is 29.0 Å². The monoisotopic (exact) mass is 398 g/mol. The molecule has 1 unspecified atom stereocenters. The van der Waals surface area contributed by atoms with Crippen molar-refractivity contribution in [1.29, 1.82) is 0 Å². The fourth-order valence-electron chi connectivity index (χ4n) is 3.04. The zero-order chi connectivity index (χ0) is 19.6. The lowest BCUT2D eigenvalue weighted by atomic mass is 10.0. The van der Waals surface area contributed by atoms with E-state index in [1.54, 1.807) is 4.90 Å². The SMILES string of the molecule is CC1CCCN(C(=O)c2cnc(Nc3ccc(Cl)cc3C(F)(F)F)cn2)C1. The second kappa shape index (κ2) is 7.72. The van der Waals surface area contributed by atoms with Crippen molar-refractivity contribution in [2.45, 2.75) is 25.9 Å². The Morgan fingerprint density at radius 2 is 2.07 bits per heavy atom. The summed E-state index contributed by atoms with van der Waals surface area (Å²) in [5, 5.41) is 2.56. The van der Waals surface area contributed by atoms with Crippen molar-refractivity contribution in [1.82, 2.24) is 14.9 Å². The molecule has 1 aromatic heterocycles. The van der Waals surface area contributed by atoms with Gasteiger partial charge >= 0.3 is 6.18 Å². The number of carbonyl (C=O) groups is 1. The molecule has 1 amide bonds. The number of alkyl halides is 3. The standard InChI is InChI=1S/C18H18ClF3N4O/c1-11-3-2-6-26(10-11)17(27)15-8-24-16(9-23-15)25-14-5-4-12(19)7-13(14)18(20,21)22/h4-5,7-9,11H,2-3,6,10H2,1H3,(H,24,25). The van der Waals surface area contributed by atoms with E-state index in [2.05, 4.69) is 22.2 Å². The van der Waals surface area contributed by atoms with Crippen LogP contribution < -0.4 is 5.32 Å². The number of anilines is 2. The number of aromatic nitrogens is 2. The van der Waals surface area contributed by atoms with Gasteiger partial charge in [-0.15, -0.1) is 0 Å². The van der Waals surface area contributed by atoms with Crippen LogP contribution >= 0.6 is 11.6 Å². The molecule has 27 heavy (non-hydrogen) atoms. The van der Waals surface area contributed by atoms with Crippen LogP contribution in [0.4, 0.5) is 24.7 Å². The van der Waals surface area contributed by atoms with Crippen LogP contribution in [0.15, 0.2) is 30.6 Å². The van der Waals surface area contributed by atoms with Crippen molar-refractivity contribution in [2.75, 3.05) is 18.4 Å². The van der Waals surface area contributed by atoms with Crippen molar-refractivity contribution < 1.29 is 18.0 Å². The predicted octanol–water partition coefficient (Wildman–Crippen LogP) is 4.76. The molecule has 9 heteroatoms. The van der Waals surface area contributed by atoms with Gasteiger partial charge in [0.25, 0.3) is 5.91 Å². The van der Waals surface area contributed by atoms with E-state index in [-0.39, 0.29) is 28.1 Å². The third kappa shape index (κ3) is 4.68. The van der Waals surface area contributed by atoms with Crippen LogP contribution in [0.5, 0.6) is 0 Å². The lowest BCUT2D eigenvalue weighted by molar-refractivity contribution is -0.136. The van der Waals surface area contributed by atoms with Crippen LogP contribution in [0, 0.1) is 5.92 Å². The molecule has 1 aliphatic heterocycles. The second-order valence-corrected chi connectivity index (χ2v) is 7.03. The molecule has 0 spiro atoms. The minimum atomic E-state index is -4.57. The molecule has 0 aliphatic carbocycles. The number of benzene rings is 1. The number of piperidine rings is 1. The summed E-state index contributed by atoms with van der Waals surface area (Å²) in [6, 6.07) is 3.41. The highest BCUT2D eigenvalue weighted by Crippen LogP contribution is 2.37. The van der Waals surface area contributed by atoms with Gasteiger partial charge in [-0.3, -0.25) is 4.79 Å². The zero-order valence-electron chi connectivity index (χ0n) is 14.6. The molecule has 1 fully saturated rings. The van der Waals surface area contributed by atoms with E-state index < -0.39 is 11.7 Å². The number of likely N-dealkylation sites (tertiary alicyclic amines) is 1. The van der Waals surface area contributed by atoms with Gasteiger partial charge in [-0.05, 0) is 37.0 Å². The molecular weight excluding hydrogens is 381 g/mol. The Kier molecular flexibility index (Phi) is 5.55. The topological polar surface area (TPSA) is 58.1 Å². The van der Waals surface area contributed by atoms with Gasteiger partial charge in [0.05, 0.1) is 23.6 Å². The summed E-state index contributed by atoms with van der Waals surface area (Å²) in [5.74, 6) is 0.316. The fraction of sp³-hybridized carbons (Fsp3) is 0.389. The van der Waals surface area contributed by atoms with Gasteiger partial charge in [-0.25, -0.2) is 9.97 Å². The van der Waals surface area contributed by atoms with E-state index in [0.29, 0.717) is 19.0 Å². The third-order valence-electron chi connectivity index (χ3n) is 4.36. The highest BCUT2D eigenvalue weighted by molar-refractivity contribution is 6.30. The lowest BCUT2D eigenvalue weighted by Gasteiger charge is -2.30. The summed E-state index contributed by atoms with van der Waals surface area (Å²) in [6.45, 7) is 3.42. The van der Waals surface area contributed by atoms with Crippen molar-refractivity contribution in [3.05, 3.63) is 46.9 Å². The highest BCUT2D eigenvalue weighted by Gasteiger charge is 2.34. The van der Waals surface area contributed by atoms with E-state index in [0.717, 1.165) is 18.9 Å². The van der Waals surface area contributed by atoms with E-state index in [9.17, 15) is 18.0 Å². The second-order valence-electron chi connectivity index (χ2n) is 6.60. The Hall–Kier alpha value is -2.35. The third-order valence-corrected chi connectivity index (χ3v) is 4.60. The number of halogens is 4. The van der Waals surface area contributed by atoms with E-state index in [1.165, 1.54) is 24.5 Å². The minimum Gasteiger partial charge on any atom is -0.338 e. The van der Waals surface area contributed by atoms with Crippen molar-refractivity contribution in [3.8, 4) is 0 Å². The predicted molar refractivity (Wildman–Crippen MR) is 96.1 cm³/mol. The normalized spacial score (nSPS) is 17.7. The number of hydrogen-bond acceptors (Lipinski definition) is 4. The van der Waals surface area contributed by atoms with Crippen LogP contribution in [0.25, 0.3) is 0 Å². The molecule has 3 rings (SSSR count). The summed E-state index contributed by atoms with van der Waals surface area (Å²) in [4.78, 5) is 22.3. The number of nitrogens with one attached hydrogen (secondary N) is 1. The van der Waals surface area contributed by atoms with E-state index >= 15 is 0 Å². The van der Waals surface area contributed by atoms with Gasteiger partial charge in [-0.2, -0.15) is 13.2 Å². The minimum absolute atomic E-state index is 0.0179. The maximum atomic E-state index is 13.2. The molecule has 2 aromatic rings. The van der Waals surface area contributed by atoms with Crippen LogP contribution in [0.2, 0.25) is 5.02 Å². The van der Waals surface area contributed by atoms with Crippen LogP contribution in [0.3, 0.4) is 0 Å². The first kappa shape index (κ1) is 19.4. The number of carbonyl (C=O) groups excluding carboxylic acids is 1. The molecule has 1 aliphatic rings. The molecule has 0 saturated carbocycles. The van der Waals surface area contributed by atoms with Crippen molar-refractivity contribution in [3.63, 3.8) is 0 Å². The Labute approximate surface area is 159 Å². The fourth-order valence-corrected chi connectivity index (χ4v) is 3.21. The summed E-state index contributed by atoms with van der Waals surface area (Å²) in [7, 11) is 0. The first-order chi connectivity index (χ1) is 12.7. The van der Waals surface area contributed by atoms with Gasteiger partial charge in [0.15, 0.2) is 0 Å². The van der Waals surface area contributed by atoms with Gasteiger partial charge in [0, 0.05) is 18.1 Å². The molecular formula is C18H18ClF3N4O. The summed E-state index contributed by atoms with van der Waals surface area (Å²) >= 11 is 5.67. The van der Waals surface area contributed by atoms with Crippen LogP contribution in [-0.4, -0.2) is 33.9 Å². The highest BCUT2D eigenvalue weighted by atomic mass is 35.5. The van der Waals surface area contributed by atoms with Crippen LogP contribution in [-0.2, 0) is 6.18 Å². The average molecular weight is 399 g/mol. The molecule has 1 aromatic carbocycles. The Bertz CT molecular complexity index is 826. The summed E-state index contributed by atoms with van der Waals surface area (Å²) in [5.41, 5.74) is -0.925. The van der Waals surface area contributed by atoms with Gasteiger partial charge < -0.3 is 10.2 Å². The molecule has 0 bridgehead atoms. The smallest absolute Gasteiger partial charge is 0.338 e. The first-order valence-corrected chi connectivity index (χ1v) is 8.87. The summed E-state index contributed by atoms with van der Waals surface area (Å²) < 4.78 is 39.5. The summed E-state index contributed by atoms with van der Waals surface area (Å²) in [6.07, 6.45) is -0.0261. The quantitative estimate of drug-likeness (QED) is 0.809. The molecule has 144 valence electrons. The van der Waals surface area contributed by atoms with Gasteiger partial charge in [0.1, 0.15) is 11.5 Å². The number of rotatable bonds is 3. The number of hydrogen-bond donors (Lipinski definition) is 1. The molecule has 1 N–H and O–H groups in total. The molecule has 1 saturated heterocycles. The van der Waals surface area contributed by atoms with Gasteiger partial charge in [0.2, 0.25) is 0 Å². The molecule has 0 radical (unpaired) electrons. The maximum Gasteiger partial charge on any atom is 0.418 e. The Morgan fingerprint density at radius 3 is 2.70 bits per heavy atom. The zero-order valence-corrected chi connectivity index (χ0v) is 15.3. The van der Waals surface area contributed by atoms with Crippen LogP contribution in [0.1, 0.15) is 35.8 Å². The molecule has 5 nitrogen and oxygen atoms in total. The maximum absolute atomic E-state index is 13.2. The van der Waals surface area contributed by atoms with Gasteiger partial charge in [-0.1, -0.05) is 18.5 Å². The first-order valence-electron chi connectivity index (χ1n) is 8.49. The molecule has 1 atom stereocenters. The molecule has 2 heterocycles. The van der Waals surface area contributed by atoms with E-state index in [1.807, 2.05) is 0 Å². The Morgan fingerprint density at radius 1 is 1.30 bits per heavy atom. The largest absolute Gasteiger partial charge is 0.418 e. The van der Waals surface area contributed by atoms with Crippen molar-refractivity contribution in [2.24, 2.45) is 5.92 Å². The Balaban J connectivity index is 1.76. The number of amides is 1. The lowest BCUT2D eigenvalue weighted by Crippen LogP contribution is -2.39. The van der Waals surface area contributed by atoms with E-state index in [4.69, 9.17) is 11.6 Å².